The summed E-state index contributed by atoms with van der Waals surface area (Å²) in [6.45, 7) is 6.19. The number of rotatable bonds is 4. The number of amides is 1. The van der Waals surface area contributed by atoms with E-state index < -0.39 is 0 Å². The zero-order chi connectivity index (χ0) is 17.2. The quantitative estimate of drug-likeness (QED) is 0.832. The van der Waals surface area contributed by atoms with E-state index in [9.17, 15) is 4.79 Å². The van der Waals surface area contributed by atoms with Gasteiger partial charge in [-0.25, -0.2) is 0 Å². The number of benzene rings is 2. The summed E-state index contributed by atoms with van der Waals surface area (Å²) in [5.74, 6) is 1.35. The summed E-state index contributed by atoms with van der Waals surface area (Å²) >= 11 is 1.56. The molecule has 0 aromatic heterocycles. The monoisotopic (exact) mass is 341 g/mol. The van der Waals surface area contributed by atoms with Crippen molar-refractivity contribution in [2.45, 2.75) is 43.7 Å². The molecule has 1 N–H and O–H groups in total. The Kier molecular flexibility index (Phi) is 4.86. The minimum Gasteiger partial charge on any atom is -0.487 e. The molecule has 4 heteroatoms. The van der Waals surface area contributed by atoms with E-state index in [4.69, 9.17) is 4.74 Å². The number of carbonyl (C=O) groups is 1. The predicted octanol–water partition coefficient (Wildman–Crippen LogP) is 4.51. The van der Waals surface area contributed by atoms with Gasteiger partial charge in [0.25, 0.3) is 0 Å². The van der Waals surface area contributed by atoms with Crippen molar-refractivity contribution in [3.63, 3.8) is 0 Å². The van der Waals surface area contributed by atoms with Gasteiger partial charge in [-0.3, -0.25) is 4.79 Å². The van der Waals surface area contributed by atoms with E-state index in [0.717, 1.165) is 22.6 Å². The molecule has 1 unspecified atom stereocenters. The van der Waals surface area contributed by atoms with Crippen molar-refractivity contribution in [2.24, 2.45) is 0 Å². The maximum atomic E-state index is 12.4. The molecule has 1 amide bonds. The molecule has 0 radical (unpaired) electrons. The minimum absolute atomic E-state index is 0.00692. The number of thioether (sulfide) groups is 1. The number of hydrogen-bond acceptors (Lipinski definition) is 3. The fourth-order valence-electron chi connectivity index (χ4n) is 3.00. The lowest BCUT2D eigenvalue weighted by molar-refractivity contribution is -0.119. The van der Waals surface area contributed by atoms with Gasteiger partial charge < -0.3 is 10.1 Å². The van der Waals surface area contributed by atoms with Crippen LogP contribution in [0.1, 0.15) is 37.4 Å². The van der Waals surface area contributed by atoms with Crippen LogP contribution in [-0.2, 0) is 4.79 Å². The molecule has 1 atom stereocenters. The first-order valence-electron chi connectivity index (χ1n) is 8.20. The van der Waals surface area contributed by atoms with Gasteiger partial charge in [-0.2, -0.15) is 0 Å². The molecule has 1 aliphatic heterocycles. The summed E-state index contributed by atoms with van der Waals surface area (Å²) in [5.41, 5.74) is 1.97. The molecule has 1 heterocycles. The van der Waals surface area contributed by atoms with Gasteiger partial charge in [0.1, 0.15) is 11.4 Å². The first-order chi connectivity index (χ1) is 11.4. The molecule has 3 nitrogen and oxygen atoms in total. The van der Waals surface area contributed by atoms with Crippen LogP contribution in [-0.4, -0.2) is 17.3 Å². The van der Waals surface area contributed by atoms with Gasteiger partial charge in [0, 0.05) is 16.9 Å². The van der Waals surface area contributed by atoms with Gasteiger partial charge in [-0.1, -0.05) is 35.9 Å². The third kappa shape index (κ3) is 4.12. The Balaban J connectivity index is 1.70. The van der Waals surface area contributed by atoms with Crippen molar-refractivity contribution >= 4 is 17.7 Å². The highest BCUT2D eigenvalue weighted by Gasteiger charge is 2.34. The highest BCUT2D eigenvalue weighted by molar-refractivity contribution is 8.00. The molecule has 126 valence electrons. The standard InChI is InChI=1S/C20H23NO2S/c1-14-9-10-18-16(11-14)17(12-20(2,3)23-18)21-19(22)13-24-15-7-5-4-6-8-15/h4-11,17H,12-13H2,1-3H3,(H,21,22). The second kappa shape index (κ2) is 6.89. The summed E-state index contributed by atoms with van der Waals surface area (Å²) in [4.78, 5) is 13.5. The van der Waals surface area contributed by atoms with Crippen LogP contribution in [0.4, 0.5) is 0 Å². The Morgan fingerprint density at radius 1 is 1.25 bits per heavy atom. The molecule has 2 aromatic rings. The summed E-state index contributed by atoms with van der Waals surface area (Å²) in [5, 5.41) is 3.19. The number of hydrogen-bond donors (Lipinski definition) is 1. The third-order valence-electron chi connectivity index (χ3n) is 4.07. The van der Waals surface area contributed by atoms with Crippen LogP contribution < -0.4 is 10.1 Å². The van der Waals surface area contributed by atoms with E-state index >= 15 is 0 Å². The second-order valence-corrected chi connectivity index (χ2v) is 7.88. The van der Waals surface area contributed by atoms with Crippen LogP contribution in [0.3, 0.4) is 0 Å². The Bertz CT molecular complexity index is 728. The highest BCUT2D eigenvalue weighted by Crippen LogP contribution is 2.39. The molecule has 0 aliphatic carbocycles. The van der Waals surface area contributed by atoms with E-state index in [0.29, 0.717) is 5.75 Å². The van der Waals surface area contributed by atoms with Crippen molar-refractivity contribution in [1.29, 1.82) is 0 Å². The van der Waals surface area contributed by atoms with Crippen molar-refractivity contribution in [3.05, 3.63) is 59.7 Å². The summed E-state index contributed by atoms with van der Waals surface area (Å²) < 4.78 is 6.06. The SMILES string of the molecule is Cc1ccc2c(c1)C(NC(=O)CSc1ccccc1)CC(C)(C)O2. The first kappa shape index (κ1) is 16.9. The Labute approximate surface area is 147 Å². The number of carbonyl (C=O) groups excluding carboxylic acids is 1. The molecule has 3 rings (SSSR count). The molecule has 0 saturated heterocycles. The van der Waals surface area contributed by atoms with Crippen molar-refractivity contribution < 1.29 is 9.53 Å². The second-order valence-electron chi connectivity index (χ2n) is 6.83. The van der Waals surface area contributed by atoms with E-state index in [1.54, 1.807) is 11.8 Å². The van der Waals surface area contributed by atoms with Crippen molar-refractivity contribution in [1.82, 2.24) is 5.32 Å². The molecule has 0 saturated carbocycles. The van der Waals surface area contributed by atoms with Crippen LogP contribution in [0.5, 0.6) is 5.75 Å². The Morgan fingerprint density at radius 2 is 2.00 bits per heavy atom. The van der Waals surface area contributed by atoms with Gasteiger partial charge in [-0.15, -0.1) is 11.8 Å². The molecule has 24 heavy (non-hydrogen) atoms. The van der Waals surface area contributed by atoms with Crippen molar-refractivity contribution in [2.75, 3.05) is 5.75 Å². The lowest BCUT2D eigenvalue weighted by Gasteiger charge is -2.38. The van der Waals surface area contributed by atoms with Gasteiger partial charge in [0.2, 0.25) is 5.91 Å². The van der Waals surface area contributed by atoms with Crippen LogP contribution in [0.15, 0.2) is 53.4 Å². The maximum Gasteiger partial charge on any atom is 0.230 e. The lowest BCUT2D eigenvalue weighted by atomic mass is 9.89. The maximum absolute atomic E-state index is 12.4. The van der Waals surface area contributed by atoms with Crippen LogP contribution in [0, 0.1) is 6.92 Å². The zero-order valence-electron chi connectivity index (χ0n) is 14.3. The predicted molar refractivity (Wildman–Crippen MR) is 98.6 cm³/mol. The highest BCUT2D eigenvalue weighted by atomic mass is 32.2. The smallest absolute Gasteiger partial charge is 0.230 e. The van der Waals surface area contributed by atoms with Gasteiger partial charge in [0.05, 0.1) is 11.8 Å². The van der Waals surface area contributed by atoms with Gasteiger partial charge in [0.15, 0.2) is 0 Å². The van der Waals surface area contributed by atoms with Crippen LogP contribution in [0.2, 0.25) is 0 Å². The normalized spacial score (nSPS) is 18.4. The average Bonchev–Trinajstić information content (AvgIpc) is 2.54. The molecular formula is C20H23NO2S. The van der Waals surface area contributed by atoms with Crippen molar-refractivity contribution in [3.8, 4) is 5.75 Å². The van der Waals surface area contributed by atoms with E-state index in [1.165, 1.54) is 5.56 Å². The van der Waals surface area contributed by atoms with E-state index in [1.807, 2.05) is 42.5 Å². The number of fused-ring (bicyclic) bond motifs is 1. The number of nitrogens with one attached hydrogen (secondary N) is 1. The lowest BCUT2D eigenvalue weighted by Crippen LogP contribution is -2.41. The van der Waals surface area contributed by atoms with Crippen LogP contribution >= 0.6 is 11.8 Å². The summed E-state index contributed by atoms with van der Waals surface area (Å²) in [6.07, 6.45) is 0.769. The average molecular weight is 341 g/mol. The zero-order valence-corrected chi connectivity index (χ0v) is 15.2. The Hall–Kier alpha value is -1.94. The van der Waals surface area contributed by atoms with Crippen LogP contribution in [0.25, 0.3) is 0 Å². The molecule has 0 fully saturated rings. The molecule has 1 aliphatic rings. The first-order valence-corrected chi connectivity index (χ1v) is 9.18. The Morgan fingerprint density at radius 3 is 2.75 bits per heavy atom. The molecular weight excluding hydrogens is 318 g/mol. The number of aryl methyl sites for hydroxylation is 1. The molecule has 0 bridgehead atoms. The number of ether oxygens (including phenoxy) is 1. The summed E-state index contributed by atoms with van der Waals surface area (Å²) in [6, 6.07) is 16.1. The fourth-order valence-corrected chi connectivity index (χ4v) is 3.74. The molecule has 2 aromatic carbocycles. The molecule has 0 spiro atoms. The van der Waals surface area contributed by atoms with Gasteiger partial charge in [-0.05, 0) is 39.0 Å². The van der Waals surface area contributed by atoms with E-state index in [-0.39, 0.29) is 17.6 Å². The minimum atomic E-state index is -0.285. The third-order valence-corrected chi connectivity index (χ3v) is 5.08. The fraction of sp³-hybridized carbons (Fsp3) is 0.350. The van der Waals surface area contributed by atoms with E-state index in [2.05, 4.69) is 32.2 Å². The van der Waals surface area contributed by atoms with Gasteiger partial charge >= 0.3 is 0 Å². The summed E-state index contributed by atoms with van der Waals surface area (Å²) in [7, 11) is 0. The largest absolute Gasteiger partial charge is 0.487 e. The topological polar surface area (TPSA) is 38.3 Å².